The largest absolute Gasteiger partial charge is 0.507 e. The standard InChI is InChI=1S/C25H24N2O5/c1-26(2)18-11-9-16(10-12-18)22-21(23(28)17-6-4-7-19(14-17)31-3)24(29)25(30)27(22)15-20-8-5-13-32-20/h4-14,22,28H,15H2,1-3H3/b23-21+. The fraction of sp³-hybridized carbons (Fsp3) is 0.200. The zero-order valence-corrected chi connectivity index (χ0v) is 18.1. The average Bonchev–Trinajstić information content (AvgIpc) is 3.41. The number of carbonyl (C=O) groups excluding carboxylic acids is 2. The molecule has 32 heavy (non-hydrogen) atoms. The first-order valence-corrected chi connectivity index (χ1v) is 10.1. The minimum atomic E-state index is -0.762. The summed E-state index contributed by atoms with van der Waals surface area (Å²) in [6, 6.07) is 17.0. The molecule has 1 N–H and O–H groups in total. The molecule has 0 bridgehead atoms. The van der Waals surface area contributed by atoms with Gasteiger partial charge in [0.25, 0.3) is 11.7 Å². The van der Waals surface area contributed by atoms with Gasteiger partial charge in [0.05, 0.1) is 31.5 Å². The number of ether oxygens (including phenoxy) is 1. The lowest BCUT2D eigenvalue weighted by Crippen LogP contribution is -2.29. The minimum absolute atomic E-state index is 0.0346. The van der Waals surface area contributed by atoms with E-state index in [2.05, 4.69) is 0 Å². The molecule has 4 rings (SSSR count). The number of furan rings is 1. The van der Waals surface area contributed by atoms with Gasteiger partial charge >= 0.3 is 0 Å². The second-order valence-electron chi connectivity index (χ2n) is 7.72. The number of ketones is 1. The van der Waals surface area contributed by atoms with Crippen molar-refractivity contribution in [2.24, 2.45) is 0 Å². The number of aliphatic hydroxyl groups is 1. The van der Waals surface area contributed by atoms with Gasteiger partial charge in [0, 0.05) is 25.3 Å². The van der Waals surface area contributed by atoms with E-state index in [0.717, 1.165) is 5.69 Å². The molecule has 7 heteroatoms. The summed E-state index contributed by atoms with van der Waals surface area (Å²) >= 11 is 0. The first-order valence-electron chi connectivity index (χ1n) is 10.1. The zero-order valence-electron chi connectivity index (χ0n) is 18.1. The van der Waals surface area contributed by atoms with Crippen LogP contribution in [0.4, 0.5) is 5.69 Å². The van der Waals surface area contributed by atoms with Crippen molar-refractivity contribution in [2.75, 3.05) is 26.1 Å². The maximum Gasteiger partial charge on any atom is 0.296 e. The molecular formula is C25H24N2O5. The fourth-order valence-corrected chi connectivity index (χ4v) is 3.84. The van der Waals surface area contributed by atoms with E-state index in [1.165, 1.54) is 18.3 Å². The number of likely N-dealkylation sites (tertiary alicyclic amines) is 1. The fourth-order valence-electron chi connectivity index (χ4n) is 3.84. The van der Waals surface area contributed by atoms with Crippen molar-refractivity contribution in [3.63, 3.8) is 0 Å². The van der Waals surface area contributed by atoms with E-state index in [4.69, 9.17) is 9.15 Å². The molecule has 1 fully saturated rings. The number of hydrogen-bond donors (Lipinski definition) is 1. The van der Waals surface area contributed by atoms with Gasteiger partial charge in [0.1, 0.15) is 17.3 Å². The predicted molar refractivity (Wildman–Crippen MR) is 120 cm³/mol. The van der Waals surface area contributed by atoms with Gasteiger partial charge in [0.15, 0.2) is 0 Å². The Labute approximate surface area is 186 Å². The van der Waals surface area contributed by atoms with Crippen molar-refractivity contribution >= 4 is 23.1 Å². The summed E-state index contributed by atoms with van der Waals surface area (Å²) in [5.41, 5.74) is 2.12. The number of amides is 1. The lowest BCUT2D eigenvalue weighted by molar-refractivity contribution is -0.140. The molecule has 1 atom stereocenters. The molecule has 2 heterocycles. The maximum absolute atomic E-state index is 13.1. The van der Waals surface area contributed by atoms with Gasteiger partial charge in [-0.25, -0.2) is 0 Å². The van der Waals surface area contributed by atoms with Gasteiger partial charge in [-0.1, -0.05) is 24.3 Å². The Balaban J connectivity index is 1.85. The van der Waals surface area contributed by atoms with Crippen LogP contribution >= 0.6 is 0 Å². The van der Waals surface area contributed by atoms with Crippen LogP contribution in [-0.2, 0) is 16.1 Å². The van der Waals surface area contributed by atoms with Gasteiger partial charge in [-0.3, -0.25) is 9.59 Å². The lowest BCUT2D eigenvalue weighted by Gasteiger charge is -2.25. The monoisotopic (exact) mass is 432 g/mol. The van der Waals surface area contributed by atoms with E-state index in [-0.39, 0.29) is 17.9 Å². The topological polar surface area (TPSA) is 83.2 Å². The van der Waals surface area contributed by atoms with Crippen molar-refractivity contribution in [3.05, 3.63) is 89.4 Å². The Kier molecular flexibility index (Phi) is 5.73. The Morgan fingerprint density at radius 1 is 1.09 bits per heavy atom. The summed E-state index contributed by atoms with van der Waals surface area (Å²) in [4.78, 5) is 29.5. The van der Waals surface area contributed by atoms with Crippen LogP contribution in [0.25, 0.3) is 5.76 Å². The van der Waals surface area contributed by atoms with E-state index >= 15 is 0 Å². The summed E-state index contributed by atoms with van der Waals surface area (Å²) in [6.07, 6.45) is 1.52. The summed E-state index contributed by atoms with van der Waals surface area (Å²) in [5, 5.41) is 11.1. The Morgan fingerprint density at radius 3 is 2.47 bits per heavy atom. The Hall–Kier alpha value is -4.00. The second-order valence-corrected chi connectivity index (χ2v) is 7.72. The first-order chi connectivity index (χ1) is 15.4. The van der Waals surface area contributed by atoms with Gasteiger partial charge in [-0.15, -0.1) is 0 Å². The maximum atomic E-state index is 13.1. The third-order valence-corrected chi connectivity index (χ3v) is 5.51. The van der Waals surface area contributed by atoms with Gasteiger partial charge < -0.3 is 24.1 Å². The van der Waals surface area contributed by atoms with Crippen molar-refractivity contribution in [2.45, 2.75) is 12.6 Å². The minimum Gasteiger partial charge on any atom is -0.507 e. The van der Waals surface area contributed by atoms with Crippen molar-refractivity contribution < 1.29 is 23.8 Å². The molecule has 0 spiro atoms. The zero-order chi connectivity index (χ0) is 22.8. The SMILES string of the molecule is COc1cccc(/C(O)=C2\C(=O)C(=O)N(Cc3ccco3)C2c2ccc(N(C)C)cc2)c1. The van der Waals surface area contributed by atoms with Gasteiger partial charge in [-0.05, 0) is 42.0 Å². The molecule has 1 aromatic heterocycles. The van der Waals surface area contributed by atoms with Crippen LogP contribution in [0.1, 0.15) is 22.9 Å². The normalized spacial score (nSPS) is 17.6. The van der Waals surface area contributed by atoms with Crippen LogP contribution in [0.2, 0.25) is 0 Å². The molecule has 164 valence electrons. The quantitative estimate of drug-likeness (QED) is 0.360. The number of nitrogens with zero attached hydrogens (tertiary/aromatic N) is 2. The van der Waals surface area contributed by atoms with E-state index in [1.54, 1.807) is 36.4 Å². The molecular weight excluding hydrogens is 408 g/mol. The van der Waals surface area contributed by atoms with Crippen molar-refractivity contribution in [1.29, 1.82) is 0 Å². The highest BCUT2D eigenvalue weighted by Gasteiger charge is 2.46. The number of Topliss-reactive ketones (excluding diaryl/α,β-unsaturated/α-hetero) is 1. The third kappa shape index (κ3) is 3.85. The molecule has 1 amide bonds. The highest BCUT2D eigenvalue weighted by Crippen LogP contribution is 2.41. The molecule has 1 unspecified atom stereocenters. The summed E-state index contributed by atoms with van der Waals surface area (Å²) in [6.45, 7) is 0.104. The molecule has 1 aliphatic rings. The molecule has 0 saturated carbocycles. The highest BCUT2D eigenvalue weighted by atomic mass is 16.5. The molecule has 2 aromatic carbocycles. The predicted octanol–water partition coefficient (Wildman–Crippen LogP) is 3.98. The number of carbonyl (C=O) groups is 2. The van der Waals surface area contributed by atoms with Crippen molar-refractivity contribution in [1.82, 2.24) is 4.90 Å². The van der Waals surface area contributed by atoms with Crippen LogP contribution in [-0.4, -0.2) is 42.9 Å². The number of rotatable bonds is 6. The smallest absolute Gasteiger partial charge is 0.296 e. The Bertz CT molecular complexity index is 1160. The van der Waals surface area contributed by atoms with E-state index in [0.29, 0.717) is 22.6 Å². The molecule has 0 aliphatic carbocycles. The van der Waals surface area contributed by atoms with Crippen LogP contribution in [0.15, 0.2) is 76.9 Å². The van der Waals surface area contributed by atoms with Gasteiger partial charge in [-0.2, -0.15) is 0 Å². The van der Waals surface area contributed by atoms with Crippen LogP contribution in [0.3, 0.4) is 0 Å². The van der Waals surface area contributed by atoms with Crippen LogP contribution in [0, 0.1) is 0 Å². The second kappa shape index (κ2) is 8.63. The van der Waals surface area contributed by atoms with E-state index < -0.39 is 17.7 Å². The number of benzene rings is 2. The molecule has 0 radical (unpaired) electrons. The Morgan fingerprint density at radius 2 is 1.84 bits per heavy atom. The number of aliphatic hydroxyl groups excluding tert-OH is 1. The molecule has 3 aromatic rings. The van der Waals surface area contributed by atoms with E-state index in [1.807, 2.05) is 43.3 Å². The van der Waals surface area contributed by atoms with Gasteiger partial charge in [0.2, 0.25) is 0 Å². The third-order valence-electron chi connectivity index (χ3n) is 5.51. The highest BCUT2D eigenvalue weighted by molar-refractivity contribution is 6.46. The summed E-state index contributed by atoms with van der Waals surface area (Å²) < 4.78 is 10.7. The molecule has 1 saturated heterocycles. The van der Waals surface area contributed by atoms with Crippen molar-refractivity contribution in [3.8, 4) is 5.75 Å². The van der Waals surface area contributed by atoms with Crippen LogP contribution < -0.4 is 9.64 Å². The number of methoxy groups -OCH3 is 1. The molecule has 7 nitrogen and oxygen atoms in total. The lowest BCUT2D eigenvalue weighted by atomic mass is 9.95. The average molecular weight is 432 g/mol. The first kappa shape index (κ1) is 21.2. The molecule has 1 aliphatic heterocycles. The van der Waals surface area contributed by atoms with Crippen LogP contribution in [0.5, 0.6) is 5.75 Å². The summed E-state index contributed by atoms with van der Waals surface area (Å²) in [5.74, 6) is -0.592. The number of anilines is 1. The van der Waals surface area contributed by atoms with E-state index in [9.17, 15) is 14.7 Å². The summed E-state index contributed by atoms with van der Waals surface area (Å²) in [7, 11) is 5.38. The number of hydrogen-bond acceptors (Lipinski definition) is 6.